The zero-order valence-electron chi connectivity index (χ0n) is 18.9. The number of carbonyl (C=O) groups excluding carboxylic acids is 1. The number of carbonyl (C=O) groups is 1. The van der Waals surface area contributed by atoms with E-state index in [1.165, 1.54) is 12.8 Å². The second-order valence-electron chi connectivity index (χ2n) is 9.42. The Labute approximate surface area is 180 Å². The standard InChI is InChI=1S/C23H37N5O2/c1-16-13-18(15-28(16)19-11-12-19)26-21(24-5)25-14-20(17-9-7-6-8-10-17)27-22(29)30-23(2,3)4/h6-10,16,18-20H,11-15H2,1-5H3,(H,27,29)(H2,24,25,26). The maximum atomic E-state index is 12.4. The summed E-state index contributed by atoms with van der Waals surface area (Å²) in [5.41, 5.74) is 0.476. The van der Waals surface area contributed by atoms with Gasteiger partial charge in [0.15, 0.2) is 5.96 Å². The van der Waals surface area contributed by atoms with Gasteiger partial charge in [0.2, 0.25) is 0 Å². The molecule has 3 unspecified atom stereocenters. The number of hydrogen-bond acceptors (Lipinski definition) is 4. The van der Waals surface area contributed by atoms with E-state index in [9.17, 15) is 4.79 Å². The van der Waals surface area contributed by atoms with E-state index in [4.69, 9.17) is 4.74 Å². The topological polar surface area (TPSA) is 78.0 Å². The average Bonchev–Trinajstić information content (AvgIpc) is 3.46. The Balaban J connectivity index is 1.57. The van der Waals surface area contributed by atoms with Crippen LogP contribution in [0.2, 0.25) is 0 Å². The number of amides is 1. The number of aliphatic imine (C=N–C) groups is 1. The van der Waals surface area contributed by atoms with Crippen molar-refractivity contribution in [2.45, 2.75) is 76.7 Å². The predicted octanol–water partition coefficient (Wildman–Crippen LogP) is 3.04. The van der Waals surface area contributed by atoms with E-state index < -0.39 is 11.7 Å². The van der Waals surface area contributed by atoms with Crippen LogP contribution < -0.4 is 16.0 Å². The number of nitrogens with one attached hydrogen (secondary N) is 3. The fourth-order valence-electron chi connectivity index (χ4n) is 4.05. The number of ether oxygens (including phenoxy) is 1. The van der Waals surface area contributed by atoms with E-state index in [0.717, 1.165) is 30.5 Å². The molecule has 0 radical (unpaired) electrons. The second-order valence-corrected chi connectivity index (χ2v) is 9.42. The molecule has 3 rings (SSSR count). The van der Waals surface area contributed by atoms with Gasteiger partial charge in [-0.1, -0.05) is 30.3 Å². The number of rotatable bonds is 6. The highest BCUT2D eigenvalue weighted by Gasteiger charge is 2.39. The number of likely N-dealkylation sites (tertiary alicyclic amines) is 1. The fourth-order valence-corrected chi connectivity index (χ4v) is 4.05. The Morgan fingerprint density at radius 2 is 1.97 bits per heavy atom. The summed E-state index contributed by atoms with van der Waals surface area (Å²) in [6, 6.07) is 11.5. The molecular formula is C23H37N5O2. The summed E-state index contributed by atoms with van der Waals surface area (Å²) >= 11 is 0. The van der Waals surface area contributed by atoms with E-state index >= 15 is 0 Å². The molecule has 1 saturated carbocycles. The van der Waals surface area contributed by atoms with Crippen molar-refractivity contribution < 1.29 is 9.53 Å². The molecule has 2 aliphatic rings. The third-order valence-corrected chi connectivity index (χ3v) is 5.57. The molecule has 2 fully saturated rings. The monoisotopic (exact) mass is 415 g/mol. The molecule has 1 saturated heterocycles. The Hall–Kier alpha value is -2.28. The summed E-state index contributed by atoms with van der Waals surface area (Å²) in [5, 5.41) is 9.93. The first-order valence-corrected chi connectivity index (χ1v) is 11.0. The lowest BCUT2D eigenvalue weighted by Crippen LogP contribution is -2.47. The lowest BCUT2D eigenvalue weighted by Gasteiger charge is -2.25. The van der Waals surface area contributed by atoms with Crippen LogP contribution >= 0.6 is 0 Å². The first-order valence-electron chi connectivity index (χ1n) is 11.0. The van der Waals surface area contributed by atoms with Crippen molar-refractivity contribution in [3.63, 3.8) is 0 Å². The van der Waals surface area contributed by atoms with E-state index in [1.54, 1.807) is 7.05 Å². The highest BCUT2D eigenvalue weighted by atomic mass is 16.6. The maximum absolute atomic E-state index is 12.4. The smallest absolute Gasteiger partial charge is 0.408 e. The number of hydrogen-bond donors (Lipinski definition) is 3. The van der Waals surface area contributed by atoms with Crippen molar-refractivity contribution in [3.05, 3.63) is 35.9 Å². The molecule has 1 amide bonds. The normalized spacial score (nSPS) is 23.7. The Morgan fingerprint density at radius 1 is 1.27 bits per heavy atom. The first-order chi connectivity index (χ1) is 14.2. The zero-order valence-corrected chi connectivity index (χ0v) is 18.9. The van der Waals surface area contributed by atoms with Crippen LogP contribution in [0.3, 0.4) is 0 Å². The summed E-state index contributed by atoms with van der Waals surface area (Å²) in [4.78, 5) is 19.4. The molecule has 0 bridgehead atoms. The van der Waals surface area contributed by atoms with Gasteiger partial charge in [0, 0.05) is 38.3 Å². The molecule has 1 aromatic carbocycles. The van der Waals surface area contributed by atoms with E-state index in [0.29, 0.717) is 18.6 Å². The van der Waals surface area contributed by atoms with Crippen LogP contribution in [-0.4, -0.2) is 60.8 Å². The Morgan fingerprint density at radius 3 is 2.57 bits per heavy atom. The molecule has 7 heteroatoms. The van der Waals surface area contributed by atoms with Crippen LogP contribution in [0.15, 0.2) is 35.3 Å². The third-order valence-electron chi connectivity index (χ3n) is 5.57. The maximum Gasteiger partial charge on any atom is 0.408 e. The van der Waals surface area contributed by atoms with Gasteiger partial charge in [-0.2, -0.15) is 0 Å². The van der Waals surface area contributed by atoms with Gasteiger partial charge >= 0.3 is 6.09 Å². The predicted molar refractivity (Wildman–Crippen MR) is 121 cm³/mol. The molecule has 30 heavy (non-hydrogen) atoms. The highest BCUT2D eigenvalue weighted by molar-refractivity contribution is 5.80. The molecule has 3 N–H and O–H groups in total. The van der Waals surface area contributed by atoms with Crippen LogP contribution in [0.5, 0.6) is 0 Å². The number of alkyl carbamates (subject to hydrolysis) is 1. The summed E-state index contributed by atoms with van der Waals surface area (Å²) < 4.78 is 5.45. The minimum absolute atomic E-state index is 0.231. The lowest BCUT2D eigenvalue weighted by atomic mass is 10.1. The summed E-state index contributed by atoms with van der Waals surface area (Å²) in [5.74, 6) is 0.761. The Bertz CT molecular complexity index is 727. The van der Waals surface area contributed by atoms with Crippen molar-refractivity contribution in [2.24, 2.45) is 4.99 Å². The molecule has 7 nitrogen and oxygen atoms in total. The fraction of sp³-hybridized carbons (Fsp3) is 0.652. The average molecular weight is 416 g/mol. The van der Waals surface area contributed by atoms with Crippen LogP contribution in [0, 0.1) is 0 Å². The second kappa shape index (κ2) is 9.69. The third kappa shape index (κ3) is 6.62. The van der Waals surface area contributed by atoms with Crippen LogP contribution in [0.25, 0.3) is 0 Å². The molecule has 1 aromatic rings. The van der Waals surface area contributed by atoms with Gasteiger partial charge in [0.25, 0.3) is 0 Å². The van der Waals surface area contributed by atoms with Crippen LogP contribution in [0.1, 0.15) is 58.6 Å². The molecule has 166 valence electrons. The van der Waals surface area contributed by atoms with Crippen molar-refractivity contribution in [1.29, 1.82) is 0 Å². The first kappa shape index (κ1) is 22.4. The van der Waals surface area contributed by atoms with E-state index in [-0.39, 0.29) is 6.04 Å². The van der Waals surface area contributed by atoms with E-state index in [2.05, 4.69) is 32.8 Å². The highest BCUT2D eigenvalue weighted by Crippen LogP contribution is 2.33. The van der Waals surface area contributed by atoms with Crippen molar-refractivity contribution in [1.82, 2.24) is 20.9 Å². The van der Waals surface area contributed by atoms with Crippen molar-refractivity contribution >= 4 is 12.1 Å². The van der Waals surface area contributed by atoms with Crippen molar-refractivity contribution in [3.8, 4) is 0 Å². The lowest BCUT2D eigenvalue weighted by molar-refractivity contribution is 0.0504. The van der Waals surface area contributed by atoms with Gasteiger partial charge in [-0.3, -0.25) is 9.89 Å². The molecular weight excluding hydrogens is 378 g/mol. The molecule has 1 aliphatic carbocycles. The van der Waals surface area contributed by atoms with Gasteiger partial charge in [0.05, 0.1) is 6.04 Å². The van der Waals surface area contributed by atoms with Gasteiger partial charge < -0.3 is 20.7 Å². The van der Waals surface area contributed by atoms with Gasteiger partial charge in [-0.25, -0.2) is 4.79 Å². The van der Waals surface area contributed by atoms with Crippen LogP contribution in [-0.2, 0) is 4.74 Å². The quantitative estimate of drug-likeness (QED) is 0.492. The largest absolute Gasteiger partial charge is 0.444 e. The summed E-state index contributed by atoms with van der Waals surface area (Å²) in [6.45, 7) is 9.47. The summed E-state index contributed by atoms with van der Waals surface area (Å²) in [6.07, 6.45) is 3.36. The van der Waals surface area contributed by atoms with Gasteiger partial charge in [-0.15, -0.1) is 0 Å². The zero-order chi connectivity index (χ0) is 21.7. The van der Waals surface area contributed by atoms with E-state index in [1.807, 2.05) is 51.1 Å². The number of guanidine groups is 1. The van der Waals surface area contributed by atoms with Gasteiger partial charge in [-0.05, 0) is 52.5 Å². The molecule has 0 spiro atoms. The number of nitrogens with zero attached hydrogens (tertiary/aromatic N) is 2. The molecule has 0 aromatic heterocycles. The van der Waals surface area contributed by atoms with Crippen LogP contribution in [0.4, 0.5) is 4.79 Å². The minimum atomic E-state index is -0.539. The molecule has 1 heterocycles. The Kier molecular flexibility index (Phi) is 7.23. The molecule has 1 aliphatic heterocycles. The van der Waals surface area contributed by atoms with Gasteiger partial charge in [0.1, 0.15) is 5.60 Å². The SMILES string of the molecule is CN=C(NCC(NC(=O)OC(C)(C)C)c1ccccc1)NC1CC(C)N(C2CC2)C1. The number of benzene rings is 1. The minimum Gasteiger partial charge on any atom is -0.444 e. The molecule has 3 atom stereocenters. The summed E-state index contributed by atoms with van der Waals surface area (Å²) in [7, 11) is 1.78. The van der Waals surface area contributed by atoms with Crippen molar-refractivity contribution in [2.75, 3.05) is 20.1 Å².